The standard InChI is InChI=1S/C41H58N4O10/c1-11-31-41(8)35(44-39(50)55-41)24(4)32(46)22(2)19-40(7,51-16-12-13-27-14-15-29-28(18-27)20-42-21-43-29)36(25(5)33(47)26(6)37(49)53-31)54-38-34(48)30(45(9)10)17-23(3)52-38/h12-15,18,20-26,30-31,34-36,38,48H,11,16-17,19H2,1-10H3,(H,44,50)/b13-12+/t22-,23-,24+,25+,26-,30+,31?,34-,35-,36-,38+,40-,41-/m1/s1. The molecule has 3 saturated heterocycles. The number of likely N-dealkylation sites (N-methyl/N-ethyl adjacent to an activating group) is 1. The van der Waals surface area contributed by atoms with Gasteiger partial charge in [0.15, 0.2) is 17.7 Å². The molecule has 1 amide bonds. The highest BCUT2D eigenvalue weighted by molar-refractivity contribution is 6.00. The topological polar surface area (TPSA) is 176 Å². The molecular weight excluding hydrogens is 708 g/mol. The molecule has 2 N–H and O–H groups in total. The van der Waals surface area contributed by atoms with Gasteiger partial charge in [-0.1, -0.05) is 45.9 Å². The second-order valence-corrected chi connectivity index (χ2v) is 16.2. The van der Waals surface area contributed by atoms with Crippen molar-refractivity contribution < 1.29 is 48.0 Å². The van der Waals surface area contributed by atoms with E-state index < -0.39 is 83.4 Å². The van der Waals surface area contributed by atoms with Gasteiger partial charge in [0.25, 0.3) is 0 Å². The second-order valence-electron chi connectivity index (χ2n) is 16.2. The lowest BCUT2D eigenvalue weighted by Crippen LogP contribution is -2.60. The van der Waals surface area contributed by atoms with E-state index in [1.807, 2.05) is 56.3 Å². The molecule has 1 unspecified atom stereocenters. The van der Waals surface area contributed by atoms with E-state index in [0.717, 1.165) is 16.5 Å². The molecule has 0 spiro atoms. The Hall–Kier alpha value is -3.82. The number of nitrogens with one attached hydrogen (secondary N) is 1. The third-order valence-electron chi connectivity index (χ3n) is 11.8. The van der Waals surface area contributed by atoms with Crippen molar-refractivity contribution in [2.45, 2.75) is 129 Å². The Bertz CT molecular complexity index is 1750. The average Bonchev–Trinajstić information content (AvgIpc) is 3.47. The van der Waals surface area contributed by atoms with Gasteiger partial charge in [-0.25, -0.2) is 14.8 Å². The van der Waals surface area contributed by atoms with Gasteiger partial charge in [-0.3, -0.25) is 14.4 Å². The number of aromatic nitrogens is 2. The van der Waals surface area contributed by atoms with E-state index in [9.17, 15) is 24.3 Å². The summed E-state index contributed by atoms with van der Waals surface area (Å²) in [6.07, 6.45) is 2.56. The van der Waals surface area contributed by atoms with Crippen LogP contribution in [0.2, 0.25) is 0 Å². The fourth-order valence-electron chi connectivity index (χ4n) is 8.66. The van der Waals surface area contributed by atoms with Gasteiger partial charge in [-0.05, 0) is 78.7 Å². The molecule has 3 fully saturated rings. The van der Waals surface area contributed by atoms with Crippen LogP contribution in [-0.4, -0.2) is 118 Å². The van der Waals surface area contributed by atoms with Crippen LogP contribution < -0.4 is 5.32 Å². The number of nitrogens with zero attached hydrogens (tertiary/aromatic N) is 3. The fourth-order valence-corrected chi connectivity index (χ4v) is 8.66. The maximum Gasteiger partial charge on any atom is 0.408 e. The molecule has 13 atom stereocenters. The van der Waals surface area contributed by atoms with E-state index >= 15 is 0 Å². The van der Waals surface area contributed by atoms with Crippen LogP contribution in [0.1, 0.15) is 80.2 Å². The first-order chi connectivity index (χ1) is 25.9. The maximum atomic E-state index is 14.4. The molecular formula is C41H58N4O10. The number of amides is 1. The van der Waals surface area contributed by atoms with Gasteiger partial charge < -0.3 is 39.0 Å². The lowest BCUT2D eigenvalue weighted by atomic mass is 9.73. The Morgan fingerprint density at radius 1 is 1.05 bits per heavy atom. The molecule has 14 heteroatoms. The molecule has 1 aromatic carbocycles. The number of ketones is 2. The third kappa shape index (κ3) is 8.93. The van der Waals surface area contributed by atoms with Crippen molar-refractivity contribution in [2.75, 3.05) is 20.7 Å². The van der Waals surface area contributed by atoms with Gasteiger partial charge in [-0.15, -0.1) is 0 Å². The van der Waals surface area contributed by atoms with Gasteiger partial charge in [0.2, 0.25) is 0 Å². The smallest absolute Gasteiger partial charge is 0.408 e. The van der Waals surface area contributed by atoms with E-state index in [2.05, 4.69) is 15.3 Å². The van der Waals surface area contributed by atoms with Crippen LogP contribution in [0.25, 0.3) is 17.0 Å². The van der Waals surface area contributed by atoms with E-state index in [4.69, 9.17) is 23.7 Å². The summed E-state index contributed by atoms with van der Waals surface area (Å²) in [5.41, 5.74) is -1.04. The Labute approximate surface area is 323 Å². The summed E-state index contributed by atoms with van der Waals surface area (Å²) in [5, 5.41) is 15.2. The van der Waals surface area contributed by atoms with Gasteiger partial charge in [0, 0.05) is 35.4 Å². The van der Waals surface area contributed by atoms with E-state index in [-0.39, 0.29) is 37.4 Å². The highest BCUT2D eigenvalue weighted by Crippen LogP contribution is 2.40. The largest absolute Gasteiger partial charge is 0.458 e. The van der Waals surface area contributed by atoms with Crippen molar-refractivity contribution in [1.29, 1.82) is 0 Å². The van der Waals surface area contributed by atoms with Crippen molar-refractivity contribution in [3.05, 3.63) is 42.4 Å². The van der Waals surface area contributed by atoms with Crippen molar-refractivity contribution in [2.24, 2.45) is 23.7 Å². The zero-order valence-corrected chi connectivity index (χ0v) is 33.7. The molecule has 14 nitrogen and oxygen atoms in total. The normalized spacial score (nSPS) is 38.1. The number of aliphatic hydroxyl groups is 1. The summed E-state index contributed by atoms with van der Waals surface area (Å²) in [4.78, 5) is 65.7. The number of hydrogen-bond donors (Lipinski definition) is 2. The van der Waals surface area contributed by atoms with Gasteiger partial charge in [-0.2, -0.15) is 0 Å². The zero-order valence-electron chi connectivity index (χ0n) is 33.7. The molecule has 5 rings (SSSR count). The number of rotatable bonds is 8. The number of alkyl carbamates (subject to hydrolysis) is 1. The van der Waals surface area contributed by atoms with Gasteiger partial charge in [0.05, 0.1) is 36.0 Å². The van der Waals surface area contributed by atoms with Crippen LogP contribution in [-0.2, 0) is 38.1 Å². The number of ether oxygens (including phenoxy) is 5. The molecule has 1 aromatic heterocycles. The van der Waals surface area contributed by atoms with Crippen molar-refractivity contribution >= 4 is 40.6 Å². The molecule has 0 radical (unpaired) electrons. The molecule has 3 aliphatic heterocycles. The Morgan fingerprint density at radius 2 is 1.78 bits per heavy atom. The van der Waals surface area contributed by atoms with Crippen molar-refractivity contribution in [3.8, 4) is 0 Å². The predicted octanol–water partition coefficient (Wildman–Crippen LogP) is 4.50. The molecule has 0 aliphatic carbocycles. The first-order valence-corrected chi connectivity index (χ1v) is 19.3. The molecule has 2 aromatic rings. The first-order valence-electron chi connectivity index (χ1n) is 19.3. The third-order valence-corrected chi connectivity index (χ3v) is 11.8. The monoisotopic (exact) mass is 766 g/mol. The van der Waals surface area contributed by atoms with Crippen LogP contribution in [0.15, 0.2) is 36.8 Å². The van der Waals surface area contributed by atoms with Crippen LogP contribution in [0.3, 0.4) is 0 Å². The minimum atomic E-state index is -1.38. The molecule has 302 valence electrons. The molecule has 55 heavy (non-hydrogen) atoms. The minimum Gasteiger partial charge on any atom is -0.458 e. The average molecular weight is 767 g/mol. The highest BCUT2D eigenvalue weighted by Gasteiger charge is 2.57. The number of cyclic esters (lactones) is 1. The van der Waals surface area contributed by atoms with Crippen LogP contribution in [0.4, 0.5) is 4.79 Å². The fraction of sp³-hybridized carbons (Fsp3) is 0.659. The zero-order chi connectivity index (χ0) is 40.4. The Morgan fingerprint density at radius 3 is 2.47 bits per heavy atom. The molecule has 0 saturated carbocycles. The summed E-state index contributed by atoms with van der Waals surface area (Å²) in [7, 11) is 3.74. The van der Waals surface area contributed by atoms with Gasteiger partial charge >= 0.3 is 12.1 Å². The van der Waals surface area contributed by atoms with Crippen LogP contribution in [0, 0.1) is 23.7 Å². The number of esters is 1. The summed E-state index contributed by atoms with van der Waals surface area (Å²) in [6.45, 7) is 13.8. The number of carbonyl (C=O) groups excluding carboxylic acids is 4. The van der Waals surface area contributed by atoms with Crippen molar-refractivity contribution in [3.63, 3.8) is 0 Å². The van der Waals surface area contributed by atoms with Crippen LogP contribution >= 0.6 is 0 Å². The van der Waals surface area contributed by atoms with Gasteiger partial charge in [0.1, 0.15) is 30.2 Å². The van der Waals surface area contributed by atoms with Crippen LogP contribution in [0.5, 0.6) is 0 Å². The Kier molecular flexibility index (Phi) is 13.2. The van der Waals surface area contributed by atoms with E-state index in [0.29, 0.717) is 6.42 Å². The summed E-state index contributed by atoms with van der Waals surface area (Å²) >= 11 is 0. The summed E-state index contributed by atoms with van der Waals surface area (Å²) in [6, 6.07) is 4.65. The SMILES string of the molecule is CCC1OC(=O)[C@H](C)C(=O)[C@H](C)[C@@H](O[C@@H]2O[C@H](C)C[C@H](N(C)C)[C@H]2O)[C@](C)(OC/C=C/c2ccc3ncncc3c2)C[C@@H](C)C(=O)[C@H](C)[C@H]2NC(=O)O[C@]12C. The predicted molar refractivity (Wildman–Crippen MR) is 204 cm³/mol. The number of carbonyl (C=O) groups is 4. The highest BCUT2D eigenvalue weighted by atomic mass is 16.7. The van der Waals surface area contributed by atoms with E-state index in [1.165, 1.54) is 13.3 Å². The van der Waals surface area contributed by atoms with E-state index in [1.54, 1.807) is 47.7 Å². The molecule has 0 bridgehead atoms. The summed E-state index contributed by atoms with van der Waals surface area (Å²) in [5.74, 6) is -5.14. The number of hydrogen-bond acceptors (Lipinski definition) is 13. The lowest BCUT2D eigenvalue weighted by molar-refractivity contribution is -0.296. The lowest BCUT2D eigenvalue weighted by Gasteiger charge is -2.47. The number of benzene rings is 1. The second kappa shape index (κ2) is 17.1. The minimum absolute atomic E-state index is 0.0578. The number of fused-ring (bicyclic) bond motifs is 2. The Balaban J connectivity index is 1.56. The maximum absolute atomic E-state index is 14.4. The summed E-state index contributed by atoms with van der Waals surface area (Å²) < 4.78 is 31.4. The molecule has 4 heterocycles. The number of aliphatic hydroxyl groups excluding tert-OH is 1. The molecule has 3 aliphatic rings. The van der Waals surface area contributed by atoms with Crippen molar-refractivity contribution in [1.82, 2.24) is 20.2 Å². The quantitative estimate of drug-likeness (QED) is 0.284. The number of Topliss-reactive ketones (excluding diaryl/α,β-unsaturated/α-hetero) is 2. The first kappa shape index (κ1) is 42.3.